The van der Waals surface area contributed by atoms with Crippen molar-refractivity contribution in [2.75, 3.05) is 6.54 Å². The first-order chi connectivity index (χ1) is 17.4. The molecule has 3 aromatic rings. The molecule has 7 heteroatoms. The third-order valence-corrected chi connectivity index (χ3v) is 6.74. The van der Waals surface area contributed by atoms with Gasteiger partial charge in [-0.15, -0.1) is 0 Å². The summed E-state index contributed by atoms with van der Waals surface area (Å²) in [5, 5.41) is 12.8. The molecule has 0 saturated carbocycles. The minimum Gasteiger partial charge on any atom is -0.384 e. The number of hydrogen-bond donors (Lipinski definition) is 2. The number of aliphatic hydroxyl groups excluding tert-OH is 1. The predicted octanol–water partition coefficient (Wildman–Crippen LogP) is 4.51. The van der Waals surface area contributed by atoms with Crippen LogP contribution in [-0.2, 0) is 16.1 Å². The van der Waals surface area contributed by atoms with Crippen molar-refractivity contribution in [1.82, 2.24) is 10.2 Å². The summed E-state index contributed by atoms with van der Waals surface area (Å²) < 4.78 is 30.0. The Kier molecular flexibility index (Phi) is 8.10. The Morgan fingerprint density at radius 3 is 2.00 bits per heavy atom. The Labute approximate surface area is 209 Å². The largest absolute Gasteiger partial charge is 0.384 e. The van der Waals surface area contributed by atoms with Crippen molar-refractivity contribution in [2.45, 2.75) is 49.8 Å². The Balaban J connectivity index is 1.47. The lowest BCUT2D eigenvalue weighted by Crippen LogP contribution is -2.56. The standard InChI is InChI=1S/C29H30F2N2O3/c30-29(31,28(36)32-20-21-11-4-1-5-12-21)27(35)25-17-10-18-33(25)26(34)19-24(22-13-6-2-7-14-22)23-15-8-3-9-16-23/h1-9,11-16,24-25,27,35H,10,17-20H2,(H,32,36). The number of nitrogens with zero attached hydrogens (tertiary/aromatic N) is 1. The first-order valence-electron chi connectivity index (χ1n) is 12.2. The number of carbonyl (C=O) groups is 2. The van der Waals surface area contributed by atoms with Crippen LogP contribution in [0.4, 0.5) is 8.78 Å². The maximum Gasteiger partial charge on any atom is 0.351 e. The molecule has 1 fully saturated rings. The number of rotatable bonds is 9. The van der Waals surface area contributed by atoms with Crippen LogP contribution in [0.1, 0.15) is 41.9 Å². The molecule has 0 spiro atoms. The van der Waals surface area contributed by atoms with E-state index >= 15 is 0 Å². The number of benzene rings is 3. The quantitative estimate of drug-likeness (QED) is 0.462. The molecule has 2 unspecified atom stereocenters. The Hall–Kier alpha value is -3.58. The summed E-state index contributed by atoms with van der Waals surface area (Å²) in [5.41, 5.74) is 2.56. The van der Waals surface area contributed by atoms with Crippen molar-refractivity contribution >= 4 is 11.8 Å². The molecule has 1 aliphatic rings. The van der Waals surface area contributed by atoms with Gasteiger partial charge in [0.25, 0.3) is 5.91 Å². The zero-order valence-corrected chi connectivity index (χ0v) is 19.9. The molecule has 2 N–H and O–H groups in total. The zero-order chi connectivity index (χ0) is 25.5. The highest BCUT2D eigenvalue weighted by atomic mass is 19.3. The number of nitrogens with one attached hydrogen (secondary N) is 1. The molecule has 1 heterocycles. The number of likely N-dealkylation sites (tertiary alicyclic amines) is 1. The van der Waals surface area contributed by atoms with Crippen LogP contribution in [0.3, 0.4) is 0 Å². The molecule has 0 bridgehead atoms. The lowest BCUT2D eigenvalue weighted by atomic mass is 9.88. The van der Waals surface area contributed by atoms with Crippen molar-refractivity contribution in [1.29, 1.82) is 0 Å². The van der Waals surface area contributed by atoms with E-state index in [2.05, 4.69) is 5.32 Å². The number of amides is 2. The molecular weight excluding hydrogens is 462 g/mol. The molecular formula is C29H30F2N2O3. The van der Waals surface area contributed by atoms with Gasteiger partial charge in [-0.25, -0.2) is 0 Å². The maximum atomic E-state index is 15.0. The number of alkyl halides is 2. The van der Waals surface area contributed by atoms with E-state index in [9.17, 15) is 23.5 Å². The third kappa shape index (κ3) is 5.79. The van der Waals surface area contributed by atoms with Gasteiger partial charge in [0.15, 0.2) is 0 Å². The van der Waals surface area contributed by atoms with Crippen LogP contribution in [-0.4, -0.2) is 46.4 Å². The van der Waals surface area contributed by atoms with Gasteiger partial charge in [-0.3, -0.25) is 9.59 Å². The molecule has 3 aromatic carbocycles. The van der Waals surface area contributed by atoms with Gasteiger partial charge in [0.1, 0.15) is 6.10 Å². The average molecular weight is 493 g/mol. The van der Waals surface area contributed by atoms with Crippen LogP contribution < -0.4 is 5.32 Å². The van der Waals surface area contributed by atoms with Crippen LogP contribution in [0.2, 0.25) is 0 Å². The summed E-state index contributed by atoms with van der Waals surface area (Å²) in [6.07, 6.45) is -1.54. The molecule has 4 rings (SSSR count). The fourth-order valence-electron chi connectivity index (χ4n) is 4.79. The third-order valence-electron chi connectivity index (χ3n) is 6.74. The first-order valence-corrected chi connectivity index (χ1v) is 12.2. The number of hydrogen-bond acceptors (Lipinski definition) is 3. The van der Waals surface area contributed by atoms with Gasteiger partial charge in [-0.2, -0.15) is 8.78 Å². The van der Waals surface area contributed by atoms with Crippen LogP contribution in [0.15, 0.2) is 91.0 Å². The predicted molar refractivity (Wildman–Crippen MR) is 133 cm³/mol. The van der Waals surface area contributed by atoms with Gasteiger partial charge in [0.2, 0.25) is 5.91 Å². The van der Waals surface area contributed by atoms with E-state index in [1.54, 1.807) is 30.3 Å². The first kappa shape index (κ1) is 25.5. The van der Waals surface area contributed by atoms with Gasteiger partial charge in [-0.05, 0) is 29.5 Å². The molecule has 0 radical (unpaired) electrons. The van der Waals surface area contributed by atoms with E-state index < -0.39 is 24.0 Å². The van der Waals surface area contributed by atoms with E-state index in [0.29, 0.717) is 12.0 Å². The molecule has 1 aliphatic heterocycles. The number of aliphatic hydroxyl groups is 1. The highest BCUT2D eigenvalue weighted by Gasteiger charge is 2.53. The number of halogens is 2. The molecule has 2 atom stereocenters. The fourth-order valence-corrected chi connectivity index (χ4v) is 4.79. The highest BCUT2D eigenvalue weighted by Crippen LogP contribution is 2.34. The summed E-state index contributed by atoms with van der Waals surface area (Å²) in [5.74, 6) is -6.17. The second-order valence-electron chi connectivity index (χ2n) is 9.11. The fraction of sp³-hybridized carbons (Fsp3) is 0.310. The van der Waals surface area contributed by atoms with Crippen molar-refractivity contribution < 1.29 is 23.5 Å². The van der Waals surface area contributed by atoms with E-state index in [0.717, 1.165) is 11.1 Å². The van der Waals surface area contributed by atoms with Crippen molar-refractivity contribution in [3.63, 3.8) is 0 Å². The lowest BCUT2D eigenvalue weighted by Gasteiger charge is -2.33. The van der Waals surface area contributed by atoms with Gasteiger partial charge in [-0.1, -0.05) is 91.0 Å². The van der Waals surface area contributed by atoms with Gasteiger partial charge < -0.3 is 15.3 Å². The summed E-state index contributed by atoms with van der Waals surface area (Å²) >= 11 is 0. The SMILES string of the molecule is O=C(CC(c1ccccc1)c1ccccc1)N1CCCC1C(O)C(F)(F)C(=O)NCc1ccccc1. The molecule has 5 nitrogen and oxygen atoms in total. The minimum absolute atomic E-state index is 0.0724. The van der Waals surface area contributed by atoms with Crippen LogP contribution in [0.25, 0.3) is 0 Å². The summed E-state index contributed by atoms with van der Waals surface area (Å²) in [4.78, 5) is 27.1. The number of carbonyl (C=O) groups excluding carboxylic acids is 2. The average Bonchev–Trinajstić information content (AvgIpc) is 3.41. The van der Waals surface area contributed by atoms with Gasteiger partial charge in [0.05, 0.1) is 6.04 Å². The maximum absolute atomic E-state index is 15.0. The topological polar surface area (TPSA) is 69.6 Å². The minimum atomic E-state index is -4.04. The lowest BCUT2D eigenvalue weighted by molar-refractivity contribution is -0.173. The molecule has 1 saturated heterocycles. The Morgan fingerprint density at radius 2 is 1.44 bits per heavy atom. The molecule has 188 valence electrons. The van der Waals surface area contributed by atoms with Crippen LogP contribution in [0, 0.1) is 0 Å². The summed E-state index contributed by atoms with van der Waals surface area (Å²) in [6.45, 7) is 0.184. The monoisotopic (exact) mass is 492 g/mol. The second kappa shape index (κ2) is 11.4. The van der Waals surface area contributed by atoms with E-state index in [4.69, 9.17) is 0 Å². The summed E-state index contributed by atoms with van der Waals surface area (Å²) in [6, 6.07) is 26.7. The molecule has 36 heavy (non-hydrogen) atoms. The van der Waals surface area contributed by atoms with Crippen molar-refractivity contribution in [3.05, 3.63) is 108 Å². The molecule has 2 amide bonds. The van der Waals surface area contributed by atoms with Crippen molar-refractivity contribution in [2.24, 2.45) is 0 Å². The summed E-state index contributed by atoms with van der Waals surface area (Å²) in [7, 11) is 0. The second-order valence-corrected chi connectivity index (χ2v) is 9.11. The van der Waals surface area contributed by atoms with Crippen molar-refractivity contribution in [3.8, 4) is 0 Å². The highest BCUT2D eigenvalue weighted by molar-refractivity contribution is 5.84. The normalized spacial score (nSPS) is 16.7. The molecule has 0 aliphatic carbocycles. The Bertz CT molecular complexity index is 1100. The van der Waals surface area contributed by atoms with E-state index in [1.807, 2.05) is 60.7 Å². The molecule has 0 aromatic heterocycles. The van der Waals surface area contributed by atoms with E-state index in [1.165, 1.54) is 4.90 Å². The van der Waals surface area contributed by atoms with Gasteiger partial charge in [0, 0.05) is 25.4 Å². The smallest absolute Gasteiger partial charge is 0.351 e. The Morgan fingerprint density at radius 1 is 0.917 bits per heavy atom. The van der Waals surface area contributed by atoms with Crippen LogP contribution >= 0.6 is 0 Å². The zero-order valence-electron chi connectivity index (χ0n) is 19.9. The van der Waals surface area contributed by atoms with E-state index in [-0.39, 0.29) is 37.8 Å². The van der Waals surface area contributed by atoms with Gasteiger partial charge >= 0.3 is 5.92 Å². The van der Waals surface area contributed by atoms with Crippen LogP contribution in [0.5, 0.6) is 0 Å².